The summed E-state index contributed by atoms with van der Waals surface area (Å²) < 4.78 is 33.5. The molecule has 0 spiro atoms. The molecule has 1 heterocycles. The van der Waals surface area contributed by atoms with Gasteiger partial charge >= 0.3 is 5.97 Å². The molecule has 1 aromatic carbocycles. The van der Waals surface area contributed by atoms with Crippen LogP contribution >= 0.6 is 11.3 Å². The molecule has 0 radical (unpaired) electrons. The quantitative estimate of drug-likeness (QED) is 0.785. The Hall–Kier alpha value is -2.09. The van der Waals surface area contributed by atoms with E-state index >= 15 is 0 Å². The zero-order valence-corrected chi connectivity index (χ0v) is 13.6. The summed E-state index contributed by atoms with van der Waals surface area (Å²) in [5.74, 6) is -2.53. The lowest BCUT2D eigenvalue weighted by atomic mass is 10.2. The third-order valence-electron chi connectivity index (χ3n) is 3.17. The van der Waals surface area contributed by atoms with Gasteiger partial charge in [-0.15, -0.1) is 0 Å². The van der Waals surface area contributed by atoms with Crippen molar-refractivity contribution >= 4 is 33.4 Å². The number of amides is 1. The average molecular weight is 342 g/mol. The van der Waals surface area contributed by atoms with Crippen LogP contribution in [0, 0.1) is 11.6 Å². The van der Waals surface area contributed by atoms with Crippen LogP contribution in [0.3, 0.4) is 0 Å². The van der Waals surface area contributed by atoms with Gasteiger partial charge in [-0.1, -0.05) is 24.7 Å². The molecule has 1 amide bonds. The highest BCUT2D eigenvalue weighted by molar-refractivity contribution is 7.16. The van der Waals surface area contributed by atoms with Crippen LogP contribution in [0.1, 0.15) is 26.2 Å². The van der Waals surface area contributed by atoms with E-state index in [4.69, 9.17) is 0 Å². The molecule has 2 rings (SSSR count). The lowest BCUT2D eigenvalue weighted by molar-refractivity contribution is -0.141. The first kappa shape index (κ1) is 17.3. The van der Waals surface area contributed by atoms with Crippen molar-refractivity contribution in [2.24, 2.45) is 4.99 Å². The molecule has 0 bridgehead atoms. The molecule has 124 valence electrons. The minimum atomic E-state index is -0.817. The first-order valence-corrected chi connectivity index (χ1v) is 7.90. The number of ether oxygens (including phenoxy) is 1. The number of methoxy groups -OCH3 is 1. The molecule has 0 saturated carbocycles. The van der Waals surface area contributed by atoms with Crippen LogP contribution in [-0.2, 0) is 20.9 Å². The molecule has 8 heteroatoms. The number of benzene rings is 1. The van der Waals surface area contributed by atoms with Gasteiger partial charge in [-0.2, -0.15) is 4.99 Å². The van der Waals surface area contributed by atoms with Crippen LogP contribution < -0.4 is 4.80 Å². The third kappa shape index (κ3) is 4.01. The van der Waals surface area contributed by atoms with E-state index in [1.807, 2.05) is 6.92 Å². The van der Waals surface area contributed by atoms with Crippen molar-refractivity contribution < 1.29 is 23.1 Å². The van der Waals surface area contributed by atoms with Gasteiger partial charge < -0.3 is 9.30 Å². The molecular formula is C15H16F2N2O3S. The Kier molecular flexibility index (Phi) is 5.59. The van der Waals surface area contributed by atoms with Crippen LogP contribution in [0.2, 0.25) is 0 Å². The number of carbonyl (C=O) groups excluding carboxylic acids is 2. The standard InChI is InChI=1S/C15H16F2N2O3S/c1-3-4-5-12(20)18-15-19(8-13(21)22-2)14-10(17)6-9(16)7-11(14)23-15/h6-7H,3-5,8H2,1-2H3. The zero-order valence-electron chi connectivity index (χ0n) is 12.8. The fraction of sp³-hybridized carbons (Fsp3) is 0.400. The van der Waals surface area contributed by atoms with E-state index in [0.717, 1.165) is 29.9 Å². The minimum Gasteiger partial charge on any atom is -0.468 e. The molecule has 0 unspecified atom stereocenters. The van der Waals surface area contributed by atoms with Gasteiger partial charge in [-0.3, -0.25) is 9.59 Å². The number of thiazole rings is 1. The maximum Gasteiger partial charge on any atom is 0.325 e. The molecule has 5 nitrogen and oxygen atoms in total. The Morgan fingerprint density at radius 3 is 2.74 bits per heavy atom. The van der Waals surface area contributed by atoms with Gasteiger partial charge in [0.05, 0.1) is 17.3 Å². The molecule has 0 fully saturated rings. The number of carbonyl (C=O) groups is 2. The maximum absolute atomic E-state index is 14.1. The molecule has 0 atom stereocenters. The second kappa shape index (κ2) is 7.45. The molecule has 0 aliphatic heterocycles. The summed E-state index contributed by atoms with van der Waals surface area (Å²) in [5, 5.41) is 0. The van der Waals surface area contributed by atoms with Gasteiger partial charge in [0.15, 0.2) is 10.6 Å². The molecule has 2 aromatic rings. The van der Waals surface area contributed by atoms with E-state index in [0.29, 0.717) is 6.42 Å². The summed E-state index contributed by atoms with van der Waals surface area (Å²) in [6.45, 7) is 1.64. The Morgan fingerprint density at radius 2 is 2.09 bits per heavy atom. The highest BCUT2D eigenvalue weighted by Gasteiger charge is 2.16. The number of halogens is 2. The summed E-state index contributed by atoms with van der Waals surface area (Å²) in [4.78, 5) is 27.5. The highest BCUT2D eigenvalue weighted by Crippen LogP contribution is 2.22. The molecule has 1 aromatic heterocycles. The average Bonchev–Trinajstić information content (AvgIpc) is 2.82. The van der Waals surface area contributed by atoms with Crippen molar-refractivity contribution in [2.75, 3.05) is 7.11 Å². The van der Waals surface area contributed by atoms with Crippen LogP contribution in [0.5, 0.6) is 0 Å². The van der Waals surface area contributed by atoms with E-state index in [-0.39, 0.29) is 33.9 Å². The third-order valence-corrected chi connectivity index (χ3v) is 4.20. The van der Waals surface area contributed by atoms with Crippen molar-refractivity contribution in [3.63, 3.8) is 0 Å². The first-order chi connectivity index (χ1) is 11.0. The molecule has 0 N–H and O–H groups in total. The van der Waals surface area contributed by atoms with Gasteiger partial charge in [0.25, 0.3) is 0 Å². The minimum absolute atomic E-state index is 0.0313. The topological polar surface area (TPSA) is 60.7 Å². The Bertz CT molecular complexity index is 811. The molecule has 0 aliphatic carbocycles. The van der Waals surface area contributed by atoms with Crippen molar-refractivity contribution in [2.45, 2.75) is 32.7 Å². The molecule has 0 aliphatic rings. The number of hydrogen-bond donors (Lipinski definition) is 0. The summed E-state index contributed by atoms with van der Waals surface area (Å²) in [5.41, 5.74) is 0.0313. The van der Waals surface area contributed by atoms with Crippen LogP contribution in [-0.4, -0.2) is 23.6 Å². The number of esters is 1. The van der Waals surface area contributed by atoms with Gasteiger partial charge in [0.2, 0.25) is 5.91 Å². The lowest BCUT2D eigenvalue weighted by Gasteiger charge is -2.04. The summed E-state index contributed by atoms with van der Waals surface area (Å²) >= 11 is 0.954. The summed E-state index contributed by atoms with van der Waals surface area (Å²) in [7, 11) is 1.21. The summed E-state index contributed by atoms with van der Waals surface area (Å²) in [6, 6.07) is 1.87. The van der Waals surface area contributed by atoms with E-state index in [1.165, 1.54) is 11.7 Å². The van der Waals surface area contributed by atoms with Crippen LogP contribution in [0.25, 0.3) is 10.2 Å². The maximum atomic E-state index is 14.1. The zero-order chi connectivity index (χ0) is 17.0. The van der Waals surface area contributed by atoms with Crippen LogP contribution in [0.4, 0.5) is 8.78 Å². The van der Waals surface area contributed by atoms with E-state index in [1.54, 1.807) is 0 Å². The SMILES string of the molecule is CCCCC(=O)N=c1sc2cc(F)cc(F)c2n1CC(=O)OC. The monoisotopic (exact) mass is 342 g/mol. The Balaban J connectivity index is 2.60. The van der Waals surface area contributed by atoms with E-state index in [9.17, 15) is 18.4 Å². The van der Waals surface area contributed by atoms with E-state index < -0.39 is 17.6 Å². The fourth-order valence-corrected chi connectivity index (χ4v) is 3.13. The Morgan fingerprint density at radius 1 is 1.35 bits per heavy atom. The summed E-state index contributed by atoms with van der Waals surface area (Å²) in [6.07, 6.45) is 1.79. The van der Waals surface area contributed by atoms with Crippen molar-refractivity contribution in [3.8, 4) is 0 Å². The molecule has 0 saturated heterocycles. The number of hydrogen-bond acceptors (Lipinski definition) is 4. The van der Waals surface area contributed by atoms with Crippen molar-refractivity contribution in [3.05, 3.63) is 28.6 Å². The van der Waals surface area contributed by atoms with Gasteiger partial charge in [-0.05, 0) is 12.5 Å². The lowest BCUT2D eigenvalue weighted by Crippen LogP contribution is -2.22. The number of aromatic nitrogens is 1. The fourth-order valence-electron chi connectivity index (χ4n) is 2.05. The smallest absolute Gasteiger partial charge is 0.325 e. The number of rotatable bonds is 5. The predicted octanol–water partition coefficient (Wildman–Crippen LogP) is 2.77. The van der Waals surface area contributed by atoms with Gasteiger partial charge in [0.1, 0.15) is 12.4 Å². The van der Waals surface area contributed by atoms with Gasteiger partial charge in [-0.25, -0.2) is 8.78 Å². The number of unbranched alkanes of at least 4 members (excludes halogenated alkanes) is 1. The predicted molar refractivity (Wildman–Crippen MR) is 81.8 cm³/mol. The number of fused-ring (bicyclic) bond motifs is 1. The first-order valence-electron chi connectivity index (χ1n) is 7.09. The highest BCUT2D eigenvalue weighted by atomic mass is 32.1. The van der Waals surface area contributed by atoms with Crippen molar-refractivity contribution in [1.82, 2.24) is 4.57 Å². The van der Waals surface area contributed by atoms with E-state index in [2.05, 4.69) is 9.73 Å². The normalized spacial score (nSPS) is 11.9. The second-order valence-electron chi connectivity index (χ2n) is 4.89. The van der Waals surface area contributed by atoms with Crippen molar-refractivity contribution in [1.29, 1.82) is 0 Å². The van der Waals surface area contributed by atoms with Gasteiger partial charge in [0, 0.05) is 12.5 Å². The number of nitrogens with zero attached hydrogens (tertiary/aromatic N) is 2. The molecule has 23 heavy (non-hydrogen) atoms. The van der Waals surface area contributed by atoms with Crippen LogP contribution in [0.15, 0.2) is 17.1 Å². The largest absolute Gasteiger partial charge is 0.468 e. The second-order valence-corrected chi connectivity index (χ2v) is 5.90. The Labute approximate surface area is 135 Å². The molecular weight excluding hydrogens is 326 g/mol.